The number of fused-ring (bicyclic) bond motifs is 9. The molecule has 2 nitrogen and oxygen atoms in total. The lowest BCUT2D eigenvalue weighted by molar-refractivity contribution is 0.667. The molecule has 43 heavy (non-hydrogen) atoms. The number of furan rings is 1. The van der Waals surface area contributed by atoms with Crippen molar-refractivity contribution in [3.05, 3.63) is 168 Å². The molecule has 1 aromatic heterocycles. The van der Waals surface area contributed by atoms with E-state index in [9.17, 15) is 0 Å². The number of para-hydroxylation sites is 2. The van der Waals surface area contributed by atoms with Crippen LogP contribution in [0.3, 0.4) is 0 Å². The Bertz CT molecular complexity index is 2330. The topological polar surface area (TPSA) is 25.5 Å². The highest BCUT2D eigenvalue weighted by molar-refractivity contribution is 6.18. The molecule has 0 saturated heterocycles. The maximum Gasteiger partial charge on any atom is 0.135 e. The summed E-state index contributed by atoms with van der Waals surface area (Å²) in [5.41, 5.74) is 13.4. The van der Waals surface area contributed by atoms with Gasteiger partial charge in [0, 0.05) is 27.8 Å². The van der Waals surface area contributed by atoms with Crippen molar-refractivity contribution in [3.8, 4) is 11.1 Å². The summed E-state index contributed by atoms with van der Waals surface area (Å²) in [5.74, 6) is 0.0699. The van der Waals surface area contributed by atoms with Gasteiger partial charge in [-0.05, 0) is 80.9 Å². The molecule has 6 aromatic carbocycles. The third kappa shape index (κ3) is 3.70. The van der Waals surface area contributed by atoms with Crippen LogP contribution in [0.25, 0.3) is 49.4 Å². The highest BCUT2D eigenvalue weighted by Gasteiger charge is 2.33. The Kier molecular flexibility index (Phi) is 5.21. The molecule has 1 aliphatic carbocycles. The van der Waals surface area contributed by atoms with E-state index < -0.39 is 0 Å². The summed E-state index contributed by atoms with van der Waals surface area (Å²) in [5, 5.41) is 4.85. The van der Waals surface area contributed by atoms with Crippen molar-refractivity contribution in [1.29, 1.82) is 0 Å². The summed E-state index contributed by atoms with van der Waals surface area (Å²) in [6, 6.07) is 45.3. The molecule has 0 amide bonds. The number of allylic oxidation sites excluding steroid dienone is 3. The van der Waals surface area contributed by atoms with Gasteiger partial charge in [0.15, 0.2) is 0 Å². The quantitative estimate of drug-likeness (QED) is 0.211. The van der Waals surface area contributed by atoms with Crippen molar-refractivity contribution in [3.63, 3.8) is 0 Å². The first kappa shape index (κ1) is 24.2. The molecule has 0 radical (unpaired) electrons. The molecule has 7 aromatic rings. The fraction of sp³-hybridized carbons (Fsp3) is 0.0488. The number of rotatable bonds is 2. The lowest BCUT2D eigenvalue weighted by atomic mass is 9.71. The van der Waals surface area contributed by atoms with E-state index in [1.165, 1.54) is 38.6 Å². The molecule has 1 unspecified atom stereocenters. The molecule has 0 bridgehead atoms. The molecule has 0 N–H and O–H groups in total. The van der Waals surface area contributed by atoms with Crippen LogP contribution in [-0.4, -0.2) is 5.71 Å². The molecule has 0 fully saturated rings. The third-order valence-electron chi connectivity index (χ3n) is 9.14. The summed E-state index contributed by atoms with van der Waals surface area (Å²) < 4.78 is 6.37. The molecular weight excluding hydrogens is 522 g/mol. The molecule has 1 atom stereocenters. The van der Waals surface area contributed by atoms with Gasteiger partial charge in [-0.3, -0.25) is 0 Å². The largest absolute Gasteiger partial charge is 0.456 e. The van der Waals surface area contributed by atoms with Gasteiger partial charge < -0.3 is 4.42 Å². The van der Waals surface area contributed by atoms with Crippen LogP contribution in [-0.2, 0) is 6.42 Å². The molecule has 2 heterocycles. The smallest absolute Gasteiger partial charge is 0.135 e. The van der Waals surface area contributed by atoms with Crippen LogP contribution in [0.15, 0.2) is 155 Å². The van der Waals surface area contributed by atoms with Crippen LogP contribution in [0.1, 0.15) is 28.2 Å². The monoisotopic (exact) mass is 549 g/mol. The molecular formula is C41H27NO. The van der Waals surface area contributed by atoms with E-state index in [4.69, 9.17) is 9.41 Å². The Balaban J connectivity index is 1.34. The first-order valence-electron chi connectivity index (χ1n) is 14.8. The summed E-state index contributed by atoms with van der Waals surface area (Å²) in [6.07, 6.45) is 3.13. The number of benzene rings is 6. The average molecular weight is 550 g/mol. The minimum Gasteiger partial charge on any atom is -0.456 e. The molecule has 2 heteroatoms. The van der Waals surface area contributed by atoms with Gasteiger partial charge >= 0.3 is 0 Å². The number of hydrogen-bond acceptors (Lipinski definition) is 2. The Hall–Kier alpha value is -5.47. The maximum atomic E-state index is 6.37. The SMILES string of the molecule is C=C1C=C(C2Cc3cc4oc5ccccc5c4cc3-c3ccc4ccccc4c32)C(c2ccccc2)=Nc2ccccc21. The minimum atomic E-state index is 0.0699. The Morgan fingerprint density at radius 2 is 1.40 bits per heavy atom. The molecule has 0 saturated carbocycles. The van der Waals surface area contributed by atoms with Crippen LogP contribution < -0.4 is 0 Å². The molecule has 0 spiro atoms. The van der Waals surface area contributed by atoms with Crippen molar-refractivity contribution in [2.75, 3.05) is 0 Å². The highest BCUT2D eigenvalue weighted by atomic mass is 16.3. The van der Waals surface area contributed by atoms with Gasteiger partial charge in [-0.25, -0.2) is 4.99 Å². The lowest BCUT2D eigenvalue weighted by Gasteiger charge is -2.32. The van der Waals surface area contributed by atoms with E-state index in [0.717, 1.165) is 56.5 Å². The van der Waals surface area contributed by atoms with Crippen molar-refractivity contribution in [2.45, 2.75) is 12.3 Å². The van der Waals surface area contributed by atoms with E-state index in [1.807, 2.05) is 6.07 Å². The Morgan fingerprint density at radius 1 is 0.628 bits per heavy atom. The first-order chi connectivity index (χ1) is 21.2. The normalized spacial score (nSPS) is 15.9. The van der Waals surface area contributed by atoms with E-state index >= 15 is 0 Å². The van der Waals surface area contributed by atoms with Crippen LogP contribution in [0.5, 0.6) is 0 Å². The van der Waals surface area contributed by atoms with Crippen LogP contribution in [0, 0.1) is 0 Å². The Labute approximate surface area is 250 Å². The zero-order valence-electron chi connectivity index (χ0n) is 23.5. The third-order valence-corrected chi connectivity index (χ3v) is 9.14. The second-order valence-electron chi connectivity index (χ2n) is 11.6. The zero-order valence-corrected chi connectivity index (χ0v) is 23.5. The van der Waals surface area contributed by atoms with Crippen LogP contribution in [0.4, 0.5) is 5.69 Å². The zero-order chi connectivity index (χ0) is 28.5. The van der Waals surface area contributed by atoms with Gasteiger partial charge in [-0.1, -0.05) is 110 Å². The molecule has 9 rings (SSSR count). The van der Waals surface area contributed by atoms with Gasteiger partial charge in [-0.15, -0.1) is 0 Å². The van der Waals surface area contributed by atoms with Crippen molar-refractivity contribution < 1.29 is 4.42 Å². The van der Waals surface area contributed by atoms with E-state index in [-0.39, 0.29) is 5.92 Å². The molecule has 202 valence electrons. The number of hydrogen-bond donors (Lipinski definition) is 0. The second-order valence-corrected chi connectivity index (χ2v) is 11.6. The van der Waals surface area contributed by atoms with E-state index in [0.29, 0.717) is 0 Å². The predicted octanol–water partition coefficient (Wildman–Crippen LogP) is 10.8. The fourth-order valence-corrected chi connectivity index (χ4v) is 7.18. The number of nitrogens with zero attached hydrogens (tertiary/aromatic N) is 1. The second kappa shape index (κ2) is 9.27. The van der Waals surface area contributed by atoms with Gasteiger partial charge in [0.05, 0.1) is 11.4 Å². The van der Waals surface area contributed by atoms with Crippen LogP contribution >= 0.6 is 0 Å². The van der Waals surface area contributed by atoms with Gasteiger partial charge in [0.25, 0.3) is 0 Å². The summed E-state index contributed by atoms with van der Waals surface area (Å²) in [4.78, 5) is 5.37. The van der Waals surface area contributed by atoms with Gasteiger partial charge in [-0.2, -0.15) is 0 Å². The van der Waals surface area contributed by atoms with Crippen molar-refractivity contribution >= 4 is 49.7 Å². The van der Waals surface area contributed by atoms with Crippen molar-refractivity contribution in [2.24, 2.45) is 4.99 Å². The highest BCUT2D eigenvalue weighted by Crippen LogP contribution is 2.50. The van der Waals surface area contributed by atoms with Crippen molar-refractivity contribution in [1.82, 2.24) is 0 Å². The minimum absolute atomic E-state index is 0.0699. The fourth-order valence-electron chi connectivity index (χ4n) is 7.18. The van der Waals surface area contributed by atoms with Gasteiger partial charge in [0.1, 0.15) is 11.2 Å². The van der Waals surface area contributed by atoms with Gasteiger partial charge in [0.2, 0.25) is 0 Å². The summed E-state index contributed by atoms with van der Waals surface area (Å²) in [7, 11) is 0. The Morgan fingerprint density at radius 3 is 2.30 bits per heavy atom. The lowest BCUT2D eigenvalue weighted by Crippen LogP contribution is -2.20. The summed E-state index contributed by atoms with van der Waals surface area (Å²) >= 11 is 0. The summed E-state index contributed by atoms with van der Waals surface area (Å²) in [6.45, 7) is 4.55. The predicted molar refractivity (Wildman–Crippen MR) is 179 cm³/mol. The van der Waals surface area contributed by atoms with E-state index in [1.54, 1.807) is 0 Å². The average Bonchev–Trinajstić information content (AvgIpc) is 3.34. The first-order valence-corrected chi connectivity index (χ1v) is 14.8. The number of aliphatic imine (C=N–C) groups is 1. The standard InChI is InChI=1S/C41H27NO/c1-25-21-36(41(27-12-3-2-4-13-27)42-37-17-9-7-14-29(25)37)35-22-28-23-39-34(31-16-8-10-18-38(31)43-39)24-33(28)32-20-19-26-11-5-6-15-30(26)40(32)35/h2-21,23-24,35H,1,22H2. The molecule has 1 aliphatic heterocycles. The molecule has 2 aliphatic rings. The van der Waals surface area contributed by atoms with E-state index in [2.05, 4.69) is 134 Å². The maximum absolute atomic E-state index is 6.37. The van der Waals surface area contributed by atoms with Crippen LogP contribution in [0.2, 0.25) is 0 Å².